The van der Waals surface area contributed by atoms with Crippen molar-refractivity contribution >= 4 is 46.4 Å². The van der Waals surface area contributed by atoms with Crippen molar-refractivity contribution in [3.63, 3.8) is 0 Å². The van der Waals surface area contributed by atoms with Gasteiger partial charge in [-0.2, -0.15) is 0 Å². The summed E-state index contributed by atoms with van der Waals surface area (Å²) in [5.41, 5.74) is -0.303. The van der Waals surface area contributed by atoms with Crippen molar-refractivity contribution in [1.29, 1.82) is 0 Å². The SMILES string of the molecule is CN(C(=O)CSc1nnc(Cc2cccs2)n1C)[C@]1(c2ccccc2Cl)CCCCC1=O. The molecule has 3 aromatic rings. The number of hydrogen-bond acceptors (Lipinski definition) is 6. The molecule has 0 spiro atoms. The molecule has 6 nitrogen and oxygen atoms in total. The molecule has 1 aliphatic carbocycles. The van der Waals surface area contributed by atoms with Crippen LogP contribution in [0.1, 0.15) is 41.9 Å². The lowest BCUT2D eigenvalue weighted by Crippen LogP contribution is -2.54. The molecule has 1 aromatic carbocycles. The van der Waals surface area contributed by atoms with Crippen molar-refractivity contribution < 1.29 is 9.59 Å². The second-order valence-electron chi connectivity index (χ2n) is 7.93. The second kappa shape index (κ2) is 9.77. The highest BCUT2D eigenvalue weighted by Gasteiger charge is 2.47. The monoisotopic (exact) mass is 488 g/mol. The lowest BCUT2D eigenvalue weighted by Gasteiger charge is -2.44. The molecule has 9 heteroatoms. The number of aromatic nitrogens is 3. The van der Waals surface area contributed by atoms with Crippen molar-refractivity contribution in [3.05, 3.63) is 63.1 Å². The standard InChI is InChI=1S/C23H25ClN4O2S2/c1-27-20(14-16-8-7-13-31-16)25-26-22(27)32-15-21(30)28(2)23(12-6-5-11-19(23)29)17-9-3-4-10-18(17)24/h3-4,7-10,13H,5-6,11-12,14-15H2,1-2H3/t23-/m0/s1. The molecule has 1 atom stereocenters. The average Bonchev–Trinajstić information content (AvgIpc) is 3.43. The van der Waals surface area contributed by atoms with E-state index in [2.05, 4.69) is 16.3 Å². The third-order valence-corrected chi connectivity index (χ3v) is 8.29. The highest BCUT2D eigenvalue weighted by molar-refractivity contribution is 7.99. The first-order chi connectivity index (χ1) is 15.4. The molecule has 32 heavy (non-hydrogen) atoms. The van der Waals surface area contributed by atoms with Crippen LogP contribution in [0, 0.1) is 0 Å². The molecule has 1 saturated carbocycles. The number of likely N-dealkylation sites (N-methyl/N-ethyl adjacent to an activating group) is 1. The van der Waals surface area contributed by atoms with Crippen LogP contribution in [0.15, 0.2) is 46.9 Å². The Bertz CT molecular complexity index is 1120. The number of carbonyl (C=O) groups is 2. The Labute approximate surface area is 201 Å². The predicted molar refractivity (Wildman–Crippen MR) is 128 cm³/mol. The van der Waals surface area contributed by atoms with E-state index >= 15 is 0 Å². The third kappa shape index (κ3) is 4.36. The maximum atomic E-state index is 13.3. The molecule has 1 amide bonds. The molecule has 2 heterocycles. The lowest BCUT2D eigenvalue weighted by molar-refractivity contribution is -0.146. The Morgan fingerprint density at radius 3 is 2.78 bits per heavy atom. The van der Waals surface area contributed by atoms with E-state index in [0.717, 1.165) is 18.7 Å². The minimum atomic E-state index is -1.02. The van der Waals surface area contributed by atoms with Crippen LogP contribution >= 0.6 is 34.7 Å². The molecule has 2 aromatic heterocycles. The van der Waals surface area contributed by atoms with E-state index in [0.29, 0.717) is 35.0 Å². The van der Waals surface area contributed by atoms with Gasteiger partial charge in [0.1, 0.15) is 11.4 Å². The number of amides is 1. The van der Waals surface area contributed by atoms with Crippen LogP contribution in [-0.4, -0.2) is 44.2 Å². The Morgan fingerprint density at radius 2 is 2.06 bits per heavy atom. The highest BCUT2D eigenvalue weighted by atomic mass is 35.5. The van der Waals surface area contributed by atoms with Crippen LogP contribution in [0.4, 0.5) is 0 Å². The van der Waals surface area contributed by atoms with Gasteiger partial charge in [-0.05, 0) is 36.8 Å². The zero-order chi connectivity index (χ0) is 22.7. The maximum Gasteiger partial charge on any atom is 0.233 e. The average molecular weight is 489 g/mol. The molecule has 0 unspecified atom stereocenters. The number of rotatable bonds is 7. The fraction of sp³-hybridized carbons (Fsp3) is 0.391. The molecular formula is C23H25ClN4O2S2. The van der Waals surface area contributed by atoms with Gasteiger partial charge in [-0.3, -0.25) is 9.59 Å². The van der Waals surface area contributed by atoms with Gasteiger partial charge in [0, 0.05) is 42.4 Å². The van der Waals surface area contributed by atoms with Gasteiger partial charge in [0.25, 0.3) is 0 Å². The van der Waals surface area contributed by atoms with Gasteiger partial charge in [0.05, 0.1) is 5.75 Å². The van der Waals surface area contributed by atoms with E-state index < -0.39 is 5.54 Å². The number of nitrogens with zero attached hydrogens (tertiary/aromatic N) is 4. The van der Waals surface area contributed by atoms with Crippen LogP contribution in [0.2, 0.25) is 5.02 Å². The molecule has 1 fully saturated rings. The highest BCUT2D eigenvalue weighted by Crippen LogP contribution is 2.42. The molecular weight excluding hydrogens is 464 g/mol. The van der Waals surface area contributed by atoms with Crippen molar-refractivity contribution in [2.45, 2.75) is 42.8 Å². The van der Waals surface area contributed by atoms with Crippen molar-refractivity contribution in [2.75, 3.05) is 12.8 Å². The number of ketones is 1. The van der Waals surface area contributed by atoms with E-state index in [1.165, 1.54) is 16.6 Å². The van der Waals surface area contributed by atoms with Gasteiger partial charge in [0.2, 0.25) is 5.91 Å². The van der Waals surface area contributed by atoms with Crippen molar-refractivity contribution in [3.8, 4) is 0 Å². The van der Waals surface area contributed by atoms with Gasteiger partial charge in [-0.15, -0.1) is 21.5 Å². The summed E-state index contributed by atoms with van der Waals surface area (Å²) < 4.78 is 1.92. The Hall–Kier alpha value is -2.16. The lowest BCUT2D eigenvalue weighted by atomic mass is 9.74. The summed E-state index contributed by atoms with van der Waals surface area (Å²) >= 11 is 9.52. The predicted octanol–water partition coefficient (Wildman–Crippen LogP) is 4.71. The quantitative estimate of drug-likeness (QED) is 0.450. The molecule has 0 aliphatic heterocycles. The second-order valence-corrected chi connectivity index (χ2v) is 10.3. The van der Waals surface area contributed by atoms with Gasteiger partial charge in [-0.25, -0.2) is 0 Å². The smallest absolute Gasteiger partial charge is 0.233 e. The first kappa shape index (κ1) is 23.0. The summed E-state index contributed by atoms with van der Waals surface area (Å²) in [6, 6.07) is 11.4. The van der Waals surface area contributed by atoms with Crippen LogP contribution in [0.5, 0.6) is 0 Å². The van der Waals surface area contributed by atoms with Crippen LogP contribution < -0.4 is 0 Å². The number of Topliss-reactive ketones (excluding diaryl/α,β-unsaturated/α-hetero) is 1. The summed E-state index contributed by atoms with van der Waals surface area (Å²) in [6.07, 6.45) is 3.45. The van der Waals surface area contributed by atoms with Gasteiger partial charge in [0.15, 0.2) is 10.9 Å². The number of carbonyl (C=O) groups excluding carboxylic acids is 2. The first-order valence-corrected chi connectivity index (χ1v) is 12.8. The van der Waals surface area contributed by atoms with Gasteiger partial charge >= 0.3 is 0 Å². The summed E-state index contributed by atoms with van der Waals surface area (Å²) in [7, 11) is 3.63. The summed E-state index contributed by atoms with van der Waals surface area (Å²) in [6.45, 7) is 0. The van der Waals surface area contributed by atoms with E-state index in [1.54, 1.807) is 29.4 Å². The van der Waals surface area contributed by atoms with E-state index in [4.69, 9.17) is 11.6 Å². The van der Waals surface area contributed by atoms with E-state index in [9.17, 15) is 9.59 Å². The molecule has 0 radical (unpaired) electrons. The number of thioether (sulfide) groups is 1. The first-order valence-electron chi connectivity index (χ1n) is 10.5. The summed E-state index contributed by atoms with van der Waals surface area (Å²) in [4.78, 5) is 29.3. The Balaban J connectivity index is 1.52. The fourth-order valence-corrected chi connectivity index (χ4v) is 6.10. The zero-order valence-corrected chi connectivity index (χ0v) is 20.5. The van der Waals surface area contributed by atoms with E-state index in [-0.39, 0.29) is 17.4 Å². The normalized spacial score (nSPS) is 18.7. The molecule has 4 rings (SSSR count). The van der Waals surface area contributed by atoms with Crippen LogP contribution in [-0.2, 0) is 28.6 Å². The molecule has 168 valence electrons. The maximum absolute atomic E-state index is 13.3. The topological polar surface area (TPSA) is 68.1 Å². The molecule has 0 N–H and O–H groups in total. The molecule has 1 aliphatic rings. The number of hydrogen-bond donors (Lipinski definition) is 0. The summed E-state index contributed by atoms with van der Waals surface area (Å²) in [5, 5.41) is 11.8. The van der Waals surface area contributed by atoms with Gasteiger partial charge < -0.3 is 9.47 Å². The number of benzene rings is 1. The number of halogens is 1. The van der Waals surface area contributed by atoms with Crippen molar-refractivity contribution in [2.24, 2.45) is 7.05 Å². The number of thiophene rings is 1. The fourth-order valence-electron chi connectivity index (χ4n) is 4.26. The minimum Gasteiger partial charge on any atom is -0.328 e. The molecule has 0 bridgehead atoms. The van der Waals surface area contributed by atoms with Crippen LogP contribution in [0.3, 0.4) is 0 Å². The zero-order valence-electron chi connectivity index (χ0n) is 18.1. The van der Waals surface area contributed by atoms with Crippen LogP contribution in [0.25, 0.3) is 0 Å². The minimum absolute atomic E-state index is 0.0505. The van der Waals surface area contributed by atoms with Crippen molar-refractivity contribution in [1.82, 2.24) is 19.7 Å². The third-order valence-electron chi connectivity index (χ3n) is 6.08. The van der Waals surface area contributed by atoms with Gasteiger partial charge in [-0.1, -0.05) is 47.6 Å². The van der Waals surface area contributed by atoms with E-state index in [1.807, 2.05) is 41.3 Å². The Morgan fingerprint density at radius 1 is 1.25 bits per heavy atom. The largest absolute Gasteiger partial charge is 0.328 e. The molecule has 0 saturated heterocycles. The summed E-state index contributed by atoms with van der Waals surface area (Å²) in [5.74, 6) is 0.939. The Kier molecular flexibility index (Phi) is 7.02.